The van der Waals surface area contributed by atoms with Crippen LogP contribution in [0.2, 0.25) is 0 Å². The van der Waals surface area contributed by atoms with Gasteiger partial charge in [-0.25, -0.2) is 0 Å². The third-order valence-electron chi connectivity index (χ3n) is 19.2. The molecule has 0 rings (SSSR count). The van der Waals surface area contributed by atoms with E-state index in [9.17, 15) is 9.59 Å². The van der Waals surface area contributed by atoms with Crippen LogP contribution in [0.3, 0.4) is 0 Å². The Morgan fingerprint density at radius 1 is 0.260 bits per heavy atom. The molecule has 13 heteroatoms. The van der Waals surface area contributed by atoms with Gasteiger partial charge in [0.2, 0.25) is 5.91 Å². The molecule has 0 aliphatic heterocycles. The van der Waals surface area contributed by atoms with E-state index in [1.807, 2.05) is 34.6 Å². The molecule has 0 radical (unpaired) electrons. The minimum atomic E-state index is -0.206. The van der Waals surface area contributed by atoms with Gasteiger partial charge in [0.15, 0.2) is 5.78 Å². The molecule has 3 N–H and O–H groups in total. The molecular formula is C114H239N3O10. The van der Waals surface area contributed by atoms with Gasteiger partial charge in [0.1, 0.15) is 6.61 Å². The fraction of sp³-hybridized carbons (Fsp3) is 0.965. The van der Waals surface area contributed by atoms with Gasteiger partial charge in [0.05, 0.1) is 70.7 Å². The lowest BCUT2D eigenvalue weighted by Crippen LogP contribution is -2.36. The largest absolute Gasteiger partial charge is 0.379 e. The number of amides is 1. The molecular weight excluding hydrogens is 1570 g/mol. The Morgan fingerprint density at radius 3 is 0.874 bits per heavy atom. The highest BCUT2D eigenvalue weighted by Gasteiger charge is 2.19. The van der Waals surface area contributed by atoms with Gasteiger partial charge in [-0.2, -0.15) is 0 Å². The van der Waals surface area contributed by atoms with Crippen molar-refractivity contribution in [1.82, 2.24) is 16.0 Å². The number of nitrogens with one attached hydrogen (secondary N) is 3. The van der Waals surface area contributed by atoms with Crippen LogP contribution in [0.15, 0.2) is 0 Å². The fourth-order valence-corrected chi connectivity index (χ4v) is 11.7. The predicted octanol–water partition coefficient (Wildman–Crippen LogP) is 33.1. The fourth-order valence-electron chi connectivity index (χ4n) is 11.7. The number of rotatable bonds is 54. The first-order chi connectivity index (χ1) is 57.4. The number of ether oxygens (including phenoxy) is 8. The van der Waals surface area contributed by atoms with E-state index in [0.29, 0.717) is 132 Å². The van der Waals surface area contributed by atoms with Gasteiger partial charge in [0.25, 0.3) is 0 Å². The van der Waals surface area contributed by atoms with E-state index in [1.165, 1.54) is 154 Å². The van der Waals surface area contributed by atoms with Crippen molar-refractivity contribution in [1.29, 1.82) is 0 Å². The van der Waals surface area contributed by atoms with E-state index in [-0.39, 0.29) is 46.5 Å². The van der Waals surface area contributed by atoms with Crippen LogP contribution in [0.1, 0.15) is 524 Å². The Morgan fingerprint density at radius 2 is 0.551 bits per heavy atom. The molecule has 0 fully saturated rings. The Balaban J connectivity index is -0.000000214. The van der Waals surface area contributed by atoms with Crippen LogP contribution in [-0.2, 0) is 47.5 Å². The Kier molecular flexibility index (Phi) is 86.8. The van der Waals surface area contributed by atoms with Crippen molar-refractivity contribution in [2.75, 3.05) is 106 Å². The van der Waals surface area contributed by atoms with Crippen molar-refractivity contribution in [3.63, 3.8) is 0 Å². The molecule has 0 aromatic heterocycles. The van der Waals surface area contributed by atoms with Gasteiger partial charge in [-0.05, 0) is 267 Å². The lowest BCUT2D eigenvalue weighted by molar-refractivity contribution is -0.128. The van der Waals surface area contributed by atoms with Gasteiger partial charge >= 0.3 is 0 Å². The third kappa shape index (κ3) is 174. The van der Waals surface area contributed by atoms with E-state index >= 15 is 0 Å². The van der Waals surface area contributed by atoms with Gasteiger partial charge in [-0.3, -0.25) is 9.59 Å². The van der Waals surface area contributed by atoms with Crippen LogP contribution < -0.4 is 16.0 Å². The highest BCUT2D eigenvalue weighted by Crippen LogP contribution is 2.30. The molecule has 0 saturated carbocycles. The van der Waals surface area contributed by atoms with Crippen LogP contribution in [0, 0.1) is 71.4 Å². The topological polar surface area (TPSA) is 144 Å². The van der Waals surface area contributed by atoms with Gasteiger partial charge in [0, 0.05) is 68.7 Å². The maximum Gasteiger partial charge on any atom is 0.222 e. The molecule has 0 bridgehead atoms. The summed E-state index contributed by atoms with van der Waals surface area (Å²) in [6.07, 6.45) is 39.6. The first kappa shape index (κ1) is 141. The van der Waals surface area contributed by atoms with E-state index in [2.05, 4.69) is 312 Å². The molecule has 0 aliphatic carbocycles. The second kappa shape index (κ2) is 78.4. The number of carbonyl (C=O) groups is 2. The molecule has 0 aromatic rings. The van der Waals surface area contributed by atoms with Crippen molar-refractivity contribution in [2.24, 2.45) is 59.6 Å². The van der Waals surface area contributed by atoms with Crippen molar-refractivity contribution in [3.05, 3.63) is 0 Å². The van der Waals surface area contributed by atoms with Crippen molar-refractivity contribution in [2.45, 2.75) is 553 Å². The van der Waals surface area contributed by atoms with Crippen LogP contribution in [0.5, 0.6) is 0 Å². The molecule has 0 saturated heterocycles. The minimum Gasteiger partial charge on any atom is -0.379 e. The number of Topliss-reactive ketones (excluding diaryl/α,β-unsaturated/α-hetero) is 1. The molecule has 0 unspecified atom stereocenters. The normalized spacial score (nSPS) is 12.7. The molecule has 0 spiro atoms. The summed E-state index contributed by atoms with van der Waals surface area (Å²) < 4.78 is 43.8. The molecule has 13 nitrogen and oxygen atoms in total. The summed E-state index contributed by atoms with van der Waals surface area (Å²) in [4.78, 5) is 22.8. The van der Waals surface area contributed by atoms with Crippen LogP contribution in [-0.4, -0.2) is 146 Å². The molecule has 0 aromatic carbocycles. The predicted molar refractivity (Wildman–Crippen MR) is 565 cm³/mol. The number of unbranched alkanes of at least 4 members (excludes halogenated alkanes) is 12. The molecule has 0 aliphatic rings. The minimum absolute atomic E-state index is 0.0261. The summed E-state index contributed by atoms with van der Waals surface area (Å²) in [7, 11) is 0. The summed E-state index contributed by atoms with van der Waals surface area (Å²) in [5.74, 6) is 6.76. The maximum absolute atomic E-state index is 11.5. The Labute approximate surface area is 800 Å². The monoisotopic (exact) mass is 1810 g/mol. The zero-order valence-corrected chi connectivity index (χ0v) is 95.7. The van der Waals surface area contributed by atoms with Crippen LogP contribution in [0.4, 0.5) is 0 Å². The van der Waals surface area contributed by atoms with Crippen molar-refractivity contribution < 1.29 is 47.5 Å². The van der Waals surface area contributed by atoms with E-state index in [4.69, 9.17) is 37.9 Å². The van der Waals surface area contributed by atoms with E-state index in [0.717, 1.165) is 78.0 Å². The molecule has 127 heavy (non-hydrogen) atoms. The van der Waals surface area contributed by atoms with E-state index < -0.39 is 0 Å². The number of hydrogen-bond acceptors (Lipinski definition) is 12. The highest BCUT2D eigenvalue weighted by molar-refractivity contribution is 5.79. The summed E-state index contributed by atoms with van der Waals surface area (Å²) >= 11 is 0. The summed E-state index contributed by atoms with van der Waals surface area (Å²) in [6.45, 7) is 114. The van der Waals surface area contributed by atoms with Gasteiger partial charge in [-0.15, -0.1) is 5.92 Å². The van der Waals surface area contributed by atoms with Crippen molar-refractivity contribution in [3.8, 4) is 11.8 Å². The highest BCUT2D eigenvalue weighted by atomic mass is 16.5. The number of ketones is 1. The number of carbonyl (C=O) groups excluding carboxylic acids is 2. The lowest BCUT2D eigenvalue weighted by Gasteiger charge is -2.21. The summed E-state index contributed by atoms with van der Waals surface area (Å²) in [5.41, 5.74) is 5.00. The van der Waals surface area contributed by atoms with E-state index in [1.54, 1.807) is 0 Å². The summed E-state index contributed by atoms with van der Waals surface area (Å²) in [5, 5.41) is 9.70. The Bertz CT molecular complexity index is 2270. The quantitative estimate of drug-likeness (QED) is 0.0394. The average Bonchev–Trinajstić information content (AvgIpc) is 0.979. The zero-order chi connectivity index (χ0) is 100. The average molecular weight is 1810 g/mol. The second-order valence-electron chi connectivity index (χ2n) is 53.2. The first-order valence-corrected chi connectivity index (χ1v) is 51.9. The first-order valence-electron chi connectivity index (χ1n) is 51.9. The standard InChI is InChI=1S/C17H37NO3.C16H33NO4.C15H30O2.C14H30.C13H29N.C13H28O.C13H28.C13H24/c1-16(2)18-9-7-11-20-13-15-21-14-12-19-10-6-8-17(3,4)5;1-14(2)17-15(18)6-8-19-10-12-21-13-11-20-9-7-16(3,4)5;1-14(2,3)11-9-7-8-10-13(16)12-17-15(4,5)6;1-13(2,3)11-9-7-8-10-12-14(4,5)6;2*1-12(2,3)10-8-7-9-11-14-13(4,5)6;2*1-12(2,3)10-8-7-9-11-13(4,5)6/h16,18H,6-15H2,1-5H3;14H,6-13H2,1-5H3,(H,17,18);7-12H2,1-6H3;7-12H2,1-6H3;14H,7-11H2,1-6H3;7-11H2,1-6H3;7-11H2,1-6H3;7-8,10H2,1-6H3. The van der Waals surface area contributed by atoms with Crippen LogP contribution in [0.25, 0.3) is 0 Å². The van der Waals surface area contributed by atoms with Crippen LogP contribution >= 0.6 is 0 Å². The van der Waals surface area contributed by atoms with Crippen molar-refractivity contribution >= 4 is 11.7 Å². The smallest absolute Gasteiger partial charge is 0.222 e. The molecule has 1 amide bonds. The maximum atomic E-state index is 11.5. The zero-order valence-electron chi connectivity index (χ0n) is 95.7. The third-order valence-corrected chi connectivity index (χ3v) is 19.2. The summed E-state index contributed by atoms with van der Waals surface area (Å²) in [6, 6.07) is 0.732. The number of hydrogen-bond donors (Lipinski definition) is 3. The lowest BCUT2D eigenvalue weighted by atomic mass is 9.86. The van der Waals surface area contributed by atoms with Gasteiger partial charge < -0.3 is 53.8 Å². The second-order valence-corrected chi connectivity index (χ2v) is 53.2. The van der Waals surface area contributed by atoms with Gasteiger partial charge in [-0.1, -0.05) is 311 Å². The molecule has 770 valence electrons. The Hall–Kier alpha value is -1.70. The molecule has 0 atom stereocenters. The SMILES string of the molecule is CC(C)(C)C#CCCCC(C)(C)C.CC(C)(C)CCCCCC(=O)COC(C)(C)C.CC(C)(C)CCCCCC(C)(C)C.CC(C)(C)CCCCCCC(C)(C)C.CC(C)(C)CCCCCNC(C)(C)C.CC(C)(C)CCCCCOC(C)(C)C.CC(C)NC(=O)CCOCCOCCOCCC(C)(C)C.CC(C)NCCCOCCOCCOCCCC(C)(C)C. The molecule has 0 heterocycles.